The molecule has 0 amide bonds. The van der Waals surface area contributed by atoms with Crippen molar-refractivity contribution in [2.75, 3.05) is 0 Å². The van der Waals surface area contributed by atoms with Gasteiger partial charge in [0.15, 0.2) is 0 Å². The molecule has 2 rings (SSSR count). The Balaban J connectivity index is 2.39. The summed E-state index contributed by atoms with van der Waals surface area (Å²) in [6, 6.07) is 5.10. The molecule has 17 heavy (non-hydrogen) atoms. The molecule has 1 aromatic heterocycles. The normalized spacial score (nSPS) is 11.8. The first kappa shape index (κ1) is 12.4. The smallest absolute Gasteiger partial charge is 0.240 e. The van der Waals surface area contributed by atoms with E-state index in [2.05, 4.69) is 4.98 Å². The van der Waals surface area contributed by atoms with Crippen LogP contribution in [0.1, 0.15) is 10.6 Å². The molecule has 0 saturated heterocycles. The molecule has 1 aromatic carbocycles. The van der Waals surface area contributed by atoms with Gasteiger partial charge in [0.2, 0.25) is 0 Å². The van der Waals surface area contributed by atoms with Gasteiger partial charge in [0.1, 0.15) is 5.01 Å². The van der Waals surface area contributed by atoms with Crippen LogP contribution in [0.4, 0.5) is 13.2 Å². The largest absolute Gasteiger partial charge is 0.416 e. The summed E-state index contributed by atoms with van der Waals surface area (Å²) in [7, 11) is 0. The van der Waals surface area contributed by atoms with Gasteiger partial charge in [-0.1, -0.05) is 12.1 Å². The lowest BCUT2D eigenvalue weighted by atomic mass is 10.1. The first-order chi connectivity index (χ1) is 8.00. The molecule has 0 aliphatic carbocycles. The average molecular weight is 278 g/mol. The summed E-state index contributed by atoms with van der Waals surface area (Å²) < 4.78 is 37.5. The fourth-order valence-corrected chi connectivity index (χ4v) is 2.26. The van der Waals surface area contributed by atoms with E-state index in [0.29, 0.717) is 16.3 Å². The quantitative estimate of drug-likeness (QED) is 0.733. The van der Waals surface area contributed by atoms with E-state index in [9.17, 15) is 13.2 Å². The minimum atomic E-state index is -4.33. The van der Waals surface area contributed by atoms with Gasteiger partial charge in [-0.05, 0) is 12.1 Å². The van der Waals surface area contributed by atoms with Crippen molar-refractivity contribution in [3.63, 3.8) is 0 Å². The zero-order valence-electron chi connectivity index (χ0n) is 8.46. The maximum Gasteiger partial charge on any atom is 0.416 e. The summed E-state index contributed by atoms with van der Waals surface area (Å²) in [6.07, 6.45) is -4.33. The van der Waals surface area contributed by atoms with Gasteiger partial charge in [0, 0.05) is 10.9 Å². The molecule has 0 atom stereocenters. The Hall–Kier alpha value is -1.07. The van der Waals surface area contributed by atoms with Crippen LogP contribution in [0.15, 0.2) is 29.6 Å². The van der Waals surface area contributed by atoms with Crippen molar-refractivity contribution in [3.8, 4) is 11.3 Å². The lowest BCUT2D eigenvalue weighted by Crippen LogP contribution is -2.04. The van der Waals surface area contributed by atoms with Crippen molar-refractivity contribution in [2.24, 2.45) is 0 Å². The molecule has 0 spiro atoms. The second-order valence-corrected chi connectivity index (χ2v) is 4.55. The molecule has 6 heteroatoms. The van der Waals surface area contributed by atoms with E-state index in [1.807, 2.05) is 0 Å². The van der Waals surface area contributed by atoms with E-state index in [-0.39, 0.29) is 5.88 Å². The van der Waals surface area contributed by atoms with E-state index in [1.54, 1.807) is 11.4 Å². The summed E-state index contributed by atoms with van der Waals surface area (Å²) in [6.45, 7) is 0. The number of benzene rings is 1. The minimum Gasteiger partial charge on any atom is -0.240 e. The number of thiazole rings is 1. The molecule has 0 fully saturated rings. The summed E-state index contributed by atoms with van der Waals surface area (Å²) in [4.78, 5) is 4.14. The van der Waals surface area contributed by atoms with Crippen LogP contribution < -0.4 is 0 Å². The summed E-state index contributed by atoms with van der Waals surface area (Å²) >= 11 is 6.93. The molecule has 0 bridgehead atoms. The van der Waals surface area contributed by atoms with Crippen molar-refractivity contribution in [1.29, 1.82) is 0 Å². The monoisotopic (exact) mass is 277 g/mol. The molecule has 1 nitrogen and oxygen atoms in total. The Bertz CT molecular complexity index is 521. The average Bonchev–Trinajstić information content (AvgIpc) is 2.76. The van der Waals surface area contributed by atoms with E-state index >= 15 is 0 Å². The highest BCUT2D eigenvalue weighted by Crippen LogP contribution is 2.32. The number of halogens is 4. The maximum absolute atomic E-state index is 12.5. The highest BCUT2D eigenvalue weighted by atomic mass is 35.5. The first-order valence-electron chi connectivity index (χ1n) is 4.68. The summed E-state index contributed by atoms with van der Waals surface area (Å²) in [5, 5.41) is 2.40. The van der Waals surface area contributed by atoms with E-state index < -0.39 is 11.7 Å². The van der Waals surface area contributed by atoms with E-state index in [4.69, 9.17) is 11.6 Å². The van der Waals surface area contributed by atoms with Gasteiger partial charge in [0.25, 0.3) is 0 Å². The number of alkyl halides is 4. The standard InChI is InChI=1S/C11H7ClF3NS/c12-5-10-16-9(6-17-10)7-2-1-3-8(4-7)11(13,14)15/h1-4,6H,5H2. The minimum absolute atomic E-state index is 0.267. The predicted molar refractivity (Wildman–Crippen MR) is 62.1 cm³/mol. The van der Waals surface area contributed by atoms with Crippen LogP contribution in [0.25, 0.3) is 11.3 Å². The molecule has 90 valence electrons. The number of hydrogen-bond acceptors (Lipinski definition) is 2. The number of nitrogens with zero attached hydrogens (tertiary/aromatic N) is 1. The maximum atomic E-state index is 12.5. The van der Waals surface area contributed by atoms with Gasteiger partial charge >= 0.3 is 6.18 Å². The van der Waals surface area contributed by atoms with Crippen molar-refractivity contribution in [3.05, 3.63) is 40.2 Å². The lowest BCUT2D eigenvalue weighted by Gasteiger charge is -2.07. The molecule has 0 saturated carbocycles. The zero-order valence-corrected chi connectivity index (χ0v) is 10.0. The highest BCUT2D eigenvalue weighted by Gasteiger charge is 2.30. The van der Waals surface area contributed by atoms with Crippen LogP contribution >= 0.6 is 22.9 Å². The molecule has 0 N–H and O–H groups in total. The lowest BCUT2D eigenvalue weighted by molar-refractivity contribution is -0.137. The second kappa shape index (κ2) is 4.66. The fourth-order valence-electron chi connectivity index (χ4n) is 1.36. The first-order valence-corrected chi connectivity index (χ1v) is 6.10. The molecule has 0 radical (unpaired) electrons. The SMILES string of the molecule is FC(F)(F)c1cccc(-c2csc(CCl)n2)c1. The Morgan fingerprint density at radius 1 is 1.29 bits per heavy atom. The van der Waals surface area contributed by atoms with Gasteiger partial charge in [-0.3, -0.25) is 0 Å². The Labute approximate surface area is 105 Å². The number of rotatable bonds is 2. The topological polar surface area (TPSA) is 12.9 Å². The van der Waals surface area contributed by atoms with Crippen molar-refractivity contribution in [2.45, 2.75) is 12.1 Å². The van der Waals surface area contributed by atoms with Gasteiger partial charge < -0.3 is 0 Å². The summed E-state index contributed by atoms with van der Waals surface area (Å²) in [5.74, 6) is 0.267. The zero-order chi connectivity index (χ0) is 12.5. The third kappa shape index (κ3) is 2.79. The van der Waals surface area contributed by atoms with Gasteiger partial charge in [-0.15, -0.1) is 22.9 Å². The van der Waals surface area contributed by atoms with Crippen molar-refractivity contribution in [1.82, 2.24) is 4.98 Å². The molecule has 1 heterocycles. The third-order valence-corrected chi connectivity index (χ3v) is 3.41. The second-order valence-electron chi connectivity index (χ2n) is 3.34. The van der Waals surface area contributed by atoms with Gasteiger partial charge in [-0.2, -0.15) is 13.2 Å². The molecule has 0 aliphatic rings. The molecule has 2 aromatic rings. The highest BCUT2D eigenvalue weighted by molar-refractivity contribution is 7.10. The van der Waals surface area contributed by atoms with Crippen LogP contribution in [0.5, 0.6) is 0 Å². The van der Waals surface area contributed by atoms with Crippen LogP contribution in [-0.4, -0.2) is 4.98 Å². The third-order valence-electron chi connectivity index (χ3n) is 2.15. The van der Waals surface area contributed by atoms with Crippen LogP contribution in [0, 0.1) is 0 Å². The Kier molecular flexibility index (Phi) is 3.40. The van der Waals surface area contributed by atoms with Crippen LogP contribution in [-0.2, 0) is 12.1 Å². The van der Waals surface area contributed by atoms with Crippen molar-refractivity contribution >= 4 is 22.9 Å². The number of aromatic nitrogens is 1. The fraction of sp³-hybridized carbons (Fsp3) is 0.182. The van der Waals surface area contributed by atoms with Crippen LogP contribution in [0.3, 0.4) is 0 Å². The van der Waals surface area contributed by atoms with Crippen molar-refractivity contribution < 1.29 is 13.2 Å². The van der Waals surface area contributed by atoms with E-state index in [1.165, 1.54) is 17.4 Å². The van der Waals surface area contributed by atoms with Gasteiger partial charge in [0.05, 0.1) is 17.1 Å². The van der Waals surface area contributed by atoms with E-state index in [0.717, 1.165) is 12.1 Å². The molecule has 0 aliphatic heterocycles. The molecular formula is C11H7ClF3NS. The Morgan fingerprint density at radius 2 is 2.06 bits per heavy atom. The summed E-state index contributed by atoms with van der Waals surface area (Å²) in [5.41, 5.74) is 0.305. The number of hydrogen-bond donors (Lipinski definition) is 0. The molecular weight excluding hydrogens is 271 g/mol. The van der Waals surface area contributed by atoms with Gasteiger partial charge in [-0.25, -0.2) is 4.98 Å². The predicted octanol–water partition coefficient (Wildman–Crippen LogP) is 4.57. The van der Waals surface area contributed by atoms with Crippen LogP contribution in [0.2, 0.25) is 0 Å². The Morgan fingerprint density at radius 3 is 2.65 bits per heavy atom. The molecule has 0 unspecified atom stereocenters.